The molecule has 31 heavy (non-hydrogen) atoms. The molecule has 2 N–H and O–H groups in total. The molecule has 2 heterocycles. The Bertz CT molecular complexity index is 1350. The van der Waals surface area contributed by atoms with Crippen molar-refractivity contribution in [1.82, 2.24) is 14.7 Å². The summed E-state index contributed by atoms with van der Waals surface area (Å²) in [6.07, 6.45) is 2.27. The summed E-state index contributed by atoms with van der Waals surface area (Å²) in [4.78, 5) is 11.5. The molecule has 158 valence electrons. The van der Waals surface area contributed by atoms with Crippen LogP contribution in [-0.2, 0) is 16.8 Å². The summed E-state index contributed by atoms with van der Waals surface area (Å²) in [6, 6.07) is 21.0. The van der Waals surface area contributed by atoms with Gasteiger partial charge >= 0.3 is 0 Å². The Morgan fingerprint density at radius 3 is 2.39 bits per heavy atom. The van der Waals surface area contributed by atoms with E-state index in [9.17, 15) is 8.42 Å². The van der Waals surface area contributed by atoms with Gasteiger partial charge in [0, 0.05) is 23.9 Å². The molecular weight excluding hydrogens is 410 g/mol. The number of anilines is 2. The van der Waals surface area contributed by atoms with Gasteiger partial charge in [0.05, 0.1) is 17.7 Å². The van der Waals surface area contributed by atoms with Crippen molar-refractivity contribution in [1.29, 1.82) is 0 Å². The van der Waals surface area contributed by atoms with Crippen molar-refractivity contribution in [3.05, 3.63) is 72.6 Å². The predicted octanol–water partition coefficient (Wildman–Crippen LogP) is 3.83. The highest BCUT2D eigenvalue weighted by atomic mass is 32.2. The normalized spacial score (nSPS) is 14.4. The van der Waals surface area contributed by atoms with E-state index in [4.69, 9.17) is 4.98 Å². The van der Waals surface area contributed by atoms with Gasteiger partial charge in [0.1, 0.15) is 11.6 Å². The van der Waals surface area contributed by atoms with Crippen LogP contribution in [0.2, 0.25) is 0 Å². The average Bonchev–Trinajstić information content (AvgIpc) is 3.32. The second-order valence-corrected chi connectivity index (χ2v) is 9.13. The van der Waals surface area contributed by atoms with E-state index in [1.165, 1.54) is 0 Å². The van der Waals surface area contributed by atoms with E-state index in [-0.39, 0.29) is 6.54 Å². The smallest absolute Gasteiger partial charge is 0.299 e. The van der Waals surface area contributed by atoms with Gasteiger partial charge in [-0.05, 0) is 36.4 Å². The molecule has 4 aromatic rings. The van der Waals surface area contributed by atoms with Gasteiger partial charge in [0.15, 0.2) is 0 Å². The third kappa shape index (κ3) is 4.17. The molecule has 0 radical (unpaired) electrons. The summed E-state index contributed by atoms with van der Waals surface area (Å²) in [6.45, 7) is 1.91. The van der Waals surface area contributed by atoms with E-state index >= 15 is 0 Å². The van der Waals surface area contributed by atoms with Crippen molar-refractivity contribution >= 4 is 43.4 Å². The van der Waals surface area contributed by atoms with Crippen LogP contribution < -0.4 is 14.3 Å². The van der Waals surface area contributed by atoms with Crippen LogP contribution in [0.1, 0.15) is 18.7 Å². The van der Waals surface area contributed by atoms with Gasteiger partial charge < -0.3 is 4.90 Å². The maximum Gasteiger partial charge on any atom is 0.299 e. The largest absolute Gasteiger partial charge is 0.356 e. The molecule has 3 aromatic carbocycles. The number of benzene rings is 3. The highest BCUT2D eigenvalue weighted by Crippen LogP contribution is 2.27. The molecule has 8 heteroatoms. The molecule has 5 rings (SSSR count). The summed E-state index contributed by atoms with van der Waals surface area (Å²) >= 11 is 0. The summed E-state index contributed by atoms with van der Waals surface area (Å²) in [5.74, 6) is 1.32. The van der Waals surface area contributed by atoms with Crippen LogP contribution in [0.15, 0.2) is 66.7 Å². The zero-order valence-corrected chi connectivity index (χ0v) is 17.8. The molecular formula is C23H23N5O2S. The maximum atomic E-state index is 12.7. The molecule has 1 fully saturated rings. The second kappa shape index (κ2) is 8.13. The number of nitrogens with zero attached hydrogens (tertiary/aromatic N) is 3. The van der Waals surface area contributed by atoms with Crippen LogP contribution in [-0.4, -0.2) is 31.5 Å². The fourth-order valence-corrected chi connectivity index (χ4v) is 4.87. The molecule has 1 saturated heterocycles. The third-order valence-corrected chi connectivity index (χ3v) is 6.50. The molecule has 0 amide bonds. The van der Waals surface area contributed by atoms with Crippen molar-refractivity contribution in [3.8, 4) is 0 Å². The number of aromatic nitrogens is 2. The van der Waals surface area contributed by atoms with Gasteiger partial charge in [-0.25, -0.2) is 9.97 Å². The quantitative estimate of drug-likeness (QED) is 0.483. The zero-order valence-electron chi connectivity index (χ0n) is 17.0. The number of nitrogens with one attached hydrogen (secondary N) is 2. The molecule has 7 nitrogen and oxygen atoms in total. The van der Waals surface area contributed by atoms with Gasteiger partial charge in [-0.15, -0.1) is 0 Å². The van der Waals surface area contributed by atoms with Crippen LogP contribution in [0.5, 0.6) is 0 Å². The molecule has 0 unspecified atom stereocenters. The lowest BCUT2D eigenvalue weighted by molar-refractivity contribution is 0.585. The minimum absolute atomic E-state index is 0.00573. The van der Waals surface area contributed by atoms with Crippen molar-refractivity contribution < 1.29 is 8.42 Å². The molecule has 1 aromatic heterocycles. The molecule has 0 spiro atoms. The Morgan fingerprint density at radius 2 is 1.55 bits per heavy atom. The van der Waals surface area contributed by atoms with E-state index in [1.54, 1.807) is 6.07 Å². The van der Waals surface area contributed by atoms with Gasteiger partial charge in [-0.2, -0.15) is 13.1 Å². The summed E-state index contributed by atoms with van der Waals surface area (Å²) in [5.41, 5.74) is 1.35. The Hall–Kier alpha value is -3.23. The average molecular weight is 434 g/mol. The van der Waals surface area contributed by atoms with E-state index in [1.807, 2.05) is 60.7 Å². The number of rotatable bonds is 6. The van der Waals surface area contributed by atoms with Crippen molar-refractivity contribution in [3.63, 3.8) is 0 Å². The Kier molecular flexibility index (Phi) is 5.17. The van der Waals surface area contributed by atoms with Crippen molar-refractivity contribution in [2.24, 2.45) is 0 Å². The van der Waals surface area contributed by atoms with E-state index < -0.39 is 10.2 Å². The summed E-state index contributed by atoms with van der Waals surface area (Å²) < 4.78 is 30.7. The Balaban J connectivity index is 1.40. The molecule has 0 aliphatic carbocycles. The highest BCUT2D eigenvalue weighted by molar-refractivity contribution is 7.90. The van der Waals surface area contributed by atoms with Crippen LogP contribution in [0, 0.1) is 0 Å². The number of hydrogen-bond donors (Lipinski definition) is 2. The van der Waals surface area contributed by atoms with Crippen molar-refractivity contribution in [2.75, 3.05) is 22.7 Å². The lowest BCUT2D eigenvalue weighted by Gasteiger charge is -2.19. The molecule has 0 bridgehead atoms. The lowest BCUT2D eigenvalue weighted by atomic mass is 10.1. The predicted molar refractivity (Wildman–Crippen MR) is 124 cm³/mol. The first kappa shape index (κ1) is 19.7. The number of fused-ring (bicyclic) bond motifs is 2. The fraction of sp³-hybridized carbons (Fsp3) is 0.217. The summed E-state index contributed by atoms with van der Waals surface area (Å²) in [5, 5.41) is 2.80. The summed E-state index contributed by atoms with van der Waals surface area (Å²) in [7, 11) is -3.80. The second-order valence-electron chi connectivity index (χ2n) is 7.63. The molecule has 0 saturated carbocycles. The number of para-hydroxylation sites is 1. The minimum atomic E-state index is -3.80. The van der Waals surface area contributed by atoms with Gasteiger partial charge in [0.25, 0.3) is 10.2 Å². The lowest BCUT2D eigenvalue weighted by Crippen LogP contribution is -2.31. The topological polar surface area (TPSA) is 87.2 Å². The Labute approximate surface area is 181 Å². The SMILES string of the molecule is O=S(=O)(NCc1nc(N2CCCC2)c2ccccc2n1)Nc1cccc2ccccc12. The third-order valence-electron chi connectivity index (χ3n) is 5.49. The van der Waals surface area contributed by atoms with Crippen molar-refractivity contribution in [2.45, 2.75) is 19.4 Å². The first-order valence-electron chi connectivity index (χ1n) is 10.3. The van der Waals surface area contributed by atoms with Crippen LogP contribution in [0.4, 0.5) is 11.5 Å². The van der Waals surface area contributed by atoms with Crippen LogP contribution in [0.25, 0.3) is 21.7 Å². The zero-order chi connectivity index (χ0) is 21.3. The monoisotopic (exact) mass is 433 g/mol. The van der Waals surface area contributed by atoms with E-state index in [0.717, 1.165) is 53.4 Å². The minimum Gasteiger partial charge on any atom is -0.356 e. The van der Waals surface area contributed by atoms with Gasteiger partial charge in [-0.3, -0.25) is 4.72 Å². The number of hydrogen-bond acceptors (Lipinski definition) is 5. The van der Waals surface area contributed by atoms with Gasteiger partial charge in [-0.1, -0.05) is 48.5 Å². The van der Waals surface area contributed by atoms with Gasteiger partial charge in [0.2, 0.25) is 0 Å². The van der Waals surface area contributed by atoms with Crippen LogP contribution in [0.3, 0.4) is 0 Å². The van der Waals surface area contributed by atoms with Crippen LogP contribution >= 0.6 is 0 Å². The molecule has 1 aliphatic heterocycles. The first-order chi connectivity index (χ1) is 15.1. The fourth-order valence-electron chi connectivity index (χ4n) is 4.01. The highest BCUT2D eigenvalue weighted by Gasteiger charge is 2.19. The van der Waals surface area contributed by atoms with E-state index in [0.29, 0.717) is 11.5 Å². The molecule has 1 aliphatic rings. The maximum absolute atomic E-state index is 12.7. The Morgan fingerprint density at radius 1 is 0.839 bits per heavy atom. The van der Waals surface area contributed by atoms with E-state index in [2.05, 4.69) is 19.3 Å². The first-order valence-corrected chi connectivity index (χ1v) is 11.8. The standard InChI is InChI=1S/C23H23N5O2S/c29-31(30,27-21-13-7-9-17-8-1-2-10-18(17)21)24-16-22-25-20-12-4-3-11-19(20)23(26-22)28-14-5-6-15-28/h1-4,7-13,24,27H,5-6,14-16H2. The molecule has 0 atom stereocenters.